The predicted molar refractivity (Wildman–Crippen MR) is 94.4 cm³/mol. The van der Waals surface area contributed by atoms with Gasteiger partial charge in [0.2, 0.25) is 0 Å². The first-order valence-corrected chi connectivity index (χ1v) is 12.3. The maximum atomic E-state index is 6.05. The SMILES string of the molecule is Br.CCCC([O][Sn][CH](C)CCCC(C)N)SI. The summed E-state index contributed by atoms with van der Waals surface area (Å²) in [6.07, 6.45) is 6.14. The Balaban J connectivity index is 0. The van der Waals surface area contributed by atoms with Crippen LogP contribution in [-0.2, 0) is 3.07 Å². The molecular weight excluding hydrogens is 520 g/mol. The van der Waals surface area contributed by atoms with Gasteiger partial charge in [-0.15, -0.1) is 17.0 Å². The minimum absolute atomic E-state index is 0. The summed E-state index contributed by atoms with van der Waals surface area (Å²) in [5.74, 6) is 0. The van der Waals surface area contributed by atoms with Gasteiger partial charge in [-0.25, -0.2) is 0 Å². The summed E-state index contributed by atoms with van der Waals surface area (Å²) < 4.78 is 6.87. The molecule has 0 aromatic rings. The Labute approximate surface area is 144 Å². The summed E-state index contributed by atoms with van der Waals surface area (Å²) in [6, 6.07) is 0.358. The zero-order chi connectivity index (χ0) is 12.4. The van der Waals surface area contributed by atoms with Crippen molar-refractivity contribution in [2.75, 3.05) is 0 Å². The Morgan fingerprint density at radius 3 is 2.41 bits per heavy atom. The van der Waals surface area contributed by atoms with Crippen molar-refractivity contribution < 1.29 is 3.07 Å². The molecule has 2 N–H and O–H groups in total. The molecule has 0 heterocycles. The van der Waals surface area contributed by atoms with Gasteiger partial charge in [0, 0.05) is 0 Å². The van der Waals surface area contributed by atoms with Gasteiger partial charge in [-0.1, -0.05) is 0 Å². The van der Waals surface area contributed by atoms with E-state index in [1.54, 1.807) is 0 Å². The molecule has 6 heteroatoms. The van der Waals surface area contributed by atoms with Gasteiger partial charge in [0.1, 0.15) is 0 Å². The van der Waals surface area contributed by atoms with Gasteiger partial charge in [-0.05, 0) is 0 Å². The quantitative estimate of drug-likeness (QED) is 0.245. The van der Waals surface area contributed by atoms with E-state index in [1.807, 2.05) is 8.93 Å². The standard InChI is InChI=1S/C7H16N.C4H8IOS.BrH.Sn/c1-3-4-5-6-7(2)8;1-2-3-4(6)7-5;;/h3,7H,4-6,8H2,1-2H3;4H,2-3H2,1H3;1H;/q;-1;;+1. The summed E-state index contributed by atoms with van der Waals surface area (Å²) >= 11 is 1.73. The summed E-state index contributed by atoms with van der Waals surface area (Å²) in [6.45, 7) is 6.65. The van der Waals surface area contributed by atoms with Gasteiger partial charge in [-0.3, -0.25) is 0 Å². The summed E-state index contributed by atoms with van der Waals surface area (Å²) in [4.78, 5) is 0. The molecule has 0 aromatic heterocycles. The van der Waals surface area contributed by atoms with E-state index in [0.717, 1.165) is 10.4 Å². The Morgan fingerprint density at radius 2 is 1.94 bits per heavy atom. The first-order chi connectivity index (χ1) is 7.60. The van der Waals surface area contributed by atoms with Crippen molar-refractivity contribution in [3.63, 3.8) is 0 Å². The van der Waals surface area contributed by atoms with Crippen LogP contribution in [0, 0.1) is 0 Å². The van der Waals surface area contributed by atoms with E-state index < -0.39 is 21.6 Å². The minimum atomic E-state index is -0.633. The van der Waals surface area contributed by atoms with Gasteiger partial charge in [0.25, 0.3) is 0 Å². The molecule has 0 bridgehead atoms. The molecule has 3 unspecified atom stereocenters. The third kappa shape index (κ3) is 14.5. The van der Waals surface area contributed by atoms with Crippen LogP contribution in [0.1, 0.15) is 52.9 Å². The average Bonchev–Trinajstić information content (AvgIpc) is 2.23. The van der Waals surface area contributed by atoms with E-state index in [1.165, 1.54) is 25.7 Å². The molecule has 2 nitrogen and oxygen atoms in total. The second kappa shape index (κ2) is 14.7. The molecule has 3 atom stereocenters. The average molecular weight is 545 g/mol. The van der Waals surface area contributed by atoms with Crippen molar-refractivity contribution in [1.82, 2.24) is 0 Å². The molecular formula is C11H25BrINOSSn. The summed E-state index contributed by atoms with van der Waals surface area (Å²) in [7, 11) is 1.84. The van der Waals surface area contributed by atoms with Crippen LogP contribution in [0.3, 0.4) is 0 Å². The Bertz CT molecular complexity index is 168. The van der Waals surface area contributed by atoms with Crippen LogP contribution in [-0.4, -0.2) is 33.0 Å². The fraction of sp³-hybridized carbons (Fsp3) is 1.00. The van der Waals surface area contributed by atoms with Crippen molar-refractivity contribution in [1.29, 1.82) is 0 Å². The van der Waals surface area contributed by atoms with Crippen molar-refractivity contribution in [2.24, 2.45) is 5.73 Å². The van der Waals surface area contributed by atoms with Crippen LogP contribution in [0.25, 0.3) is 0 Å². The Kier molecular flexibility index (Phi) is 18.6. The van der Waals surface area contributed by atoms with E-state index in [2.05, 4.69) is 42.0 Å². The number of hydrogen-bond donors (Lipinski definition) is 1. The van der Waals surface area contributed by atoms with Crippen molar-refractivity contribution in [3.05, 3.63) is 0 Å². The van der Waals surface area contributed by atoms with E-state index in [0.29, 0.717) is 11.5 Å². The fourth-order valence-electron chi connectivity index (χ4n) is 1.35. The molecule has 17 heavy (non-hydrogen) atoms. The first kappa shape index (κ1) is 21.6. The molecule has 0 saturated heterocycles. The van der Waals surface area contributed by atoms with Crippen molar-refractivity contribution >= 4 is 68.7 Å². The molecule has 0 fully saturated rings. The third-order valence-corrected chi connectivity index (χ3v) is 8.21. The molecule has 0 aliphatic rings. The Hall–Kier alpha value is 2.28. The molecule has 0 amide bonds. The molecule has 0 aliphatic heterocycles. The second-order valence-corrected chi connectivity index (χ2v) is 10.7. The monoisotopic (exact) mass is 545 g/mol. The van der Waals surface area contributed by atoms with Crippen LogP contribution in [0.5, 0.6) is 0 Å². The third-order valence-electron chi connectivity index (χ3n) is 2.32. The molecule has 0 aromatic carbocycles. The Morgan fingerprint density at radius 1 is 1.29 bits per heavy atom. The normalized spacial score (nSPS) is 16.1. The summed E-state index contributed by atoms with van der Waals surface area (Å²) in [5.41, 5.74) is 6.19. The van der Waals surface area contributed by atoms with Crippen LogP contribution in [0.15, 0.2) is 0 Å². The van der Waals surface area contributed by atoms with Gasteiger partial charge < -0.3 is 0 Å². The van der Waals surface area contributed by atoms with Gasteiger partial charge in [-0.2, -0.15) is 0 Å². The van der Waals surface area contributed by atoms with Gasteiger partial charge >= 0.3 is 129 Å². The number of hydrogen-bond acceptors (Lipinski definition) is 3. The first-order valence-electron chi connectivity index (χ1n) is 6.04. The van der Waals surface area contributed by atoms with Crippen LogP contribution in [0.2, 0.25) is 3.93 Å². The summed E-state index contributed by atoms with van der Waals surface area (Å²) in [5, 5.41) is 0. The zero-order valence-corrected chi connectivity index (χ0v) is 18.5. The molecule has 0 spiro atoms. The molecule has 2 radical (unpaired) electrons. The van der Waals surface area contributed by atoms with Crippen molar-refractivity contribution in [2.45, 2.75) is 68.3 Å². The molecule has 0 saturated carbocycles. The van der Waals surface area contributed by atoms with Gasteiger partial charge in [0.05, 0.1) is 0 Å². The van der Waals surface area contributed by atoms with E-state index in [-0.39, 0.29) is 17.0 Å². The molecule has 0 rings (SSSR count). The second-order valence-electron chi connectivity index (χ2n) is 4.35. The topological polar surface area (TPSA) is 35.2 Å². The van der Waals surface area contributed by atoms with Crippen molar-refractivity contribution in [3.8, 4) is 0 Å². The van der Waals surface area contributed by atoms with E-state index >= 15 is 0 Å². The van der Waals surface area contributed by atoms with E-state index in [4.69, 9.17) is 8.81 Å². The van der Waals surface area contributed by atoms with Crippen LogP contribution >= 0.6 is 47.1 Å². The van der Waals surface area contributed by atoms with E-state index in [9.17, 15) is 0 Å². The number of rotatable bonds is 10. The fourth-order valence-corrected chi connectivity index (χ4v) is 7.60. The van der Waals surface area contributed by atoms with Gasteiger partial charge in [0.15, 0.2) is 0 Å². The number of nitrogens with two attached hydrogens (primary N) is 1. The van der Waals surface area contributed by atoms with Crippen LogP contribution in [0.4, 0.5) is 0 Å². The van der Waals surface area contributed by atoms with Crippen LogP contribution < -0.4 is 5.73 Å². The molecule has 104 valence electrons. The number of halogens is 2. The molecule has 0 aliphatic carbocycles. The zero-order valence-electron chi connectivity index (χ0n) is 10.9. The maximum absolute atomic E-state index is 6.05. The predicted octanol–water partition coefficient (Wildman–Crippen LogP) is 4.74.